The molecule has 5 heteroatoms. The first-order chi connectivity index (χ1) is 14.7. The monoisotopic (exact) mass is 387 g/mol. The lowest BCUT2D eigenvalue weighted by molar-refractivity contribution is 1.03. The van der Waals surface area contributed by atoms with Crippen LogP contribution in [-0.4, -0.2) is 5.87 Å². The van der Waals surface area contributed by atoms with Crippen molar-refractivity contribution in [3.05, 3.63) is 101 Å². The second-order valence-corrected chi connectivity index (χ2v) is 6.48. The van der Waals surface area contributed by atoms with Gasteiger partial charge in [-0.05, 0) is 66.3 Å². The SMILES string of the molecule is N#CC(=C=N)/C=C1\CCC(C=C(C#N)C#N)=C1N(c1ccccc1)c1ccccc1. The lowest BCUT2D eigenvalue weighted by Gasteiger charge is -2.28. The highest BCUT2D eigenvalue weighted by molar-refractivity contribution is 5.76. The molecule has 0 unspecified atom stereocenters. The van der Waals surface area contributed by atoms with E-state index in [0.717, 1.165) is 28.2 Å². The van der Waals surface area contributed by atoms with Crippen molar-refractivity contribution in [2.45, 2.75) is 12.8 Å². The van der Waals surface area contributed by atoms with Gasteiger partial charge in [-0.15, -0.1) is 0 Å². The summed E-state index contributed by atoms with van der Waals surface area (Å²) in [6.45, 7) is 0. The second-order valence-electron chi connectivity index (χ2n) is 6.48. The molecule has 0 saturated carbocycles. The lowest BCUT2D eigenvalue weighted by Crippen LogP contribution is -2.17. The van der Waals surface area contributed by atoms with Crippen molar-refractivity contribution in [3.8, 4) is 18.2 Å². The average molecular weight is 387 g/mol. The number of hydrogen-bond donors (Lipinski definition) is 1. The van der Waals surface area contributed by atoms with Gasteiger partial charge in [0.2, 0.25) is 0 Å². The number of anilines is 2. The summed E-state index contributed by atoms with van der Waals surface area (Å²) in [5.41, 5.74) is 4.44. The van der Waals surface area contributed by atoms with E-state index in [1.54, 1.807) is 12.2 Å². The fraction of sp³-hybridized carbons (Fsp3) is 0.0800. The Morgan fingerprint density at radius 2 is 1.40 bits per heavy atom. The van der Waals surface area contributed by atoms with Crippen LogP contribution in [0.15, 0.2) is 101 Å². The van der Waals surface area contributed by atoms with Gasteiger partial charge in [0.05, 0.1) is 5.70 Å². The quantitative estimate of drug-likeness (QED) is 0.543. The molecule has 2 aromatic rings. The molecule has 30 heavy (non-hydrogen) atoms. The number of nitrogens with one attached hydrogen (secondary N) is 1. The van der Waals surface area contributed by atoms with Gasteiger partial charge in [-0.25, -0.2) is 0 Å². The molecule has 2 aromatic carbocycles. The minimum absolute atomic E-state index is 0.0212. The van der Waals surface area contributed by atoms with Gasteiger partial charge in [-0.1, -0.05) is 36.4 Å². The fourth-order valence-electron chi connectivity index (χ4n) is 3.38. The molecule has 1 aliphatic rings. The third-order valence-electron chi connectivity index (χ3n) is 4.66. The molecule has 0 amide bonds. The molecular weight excluding hydrogens is 370 g/mol. The van der Waals surface area contributed by atoms with Crippen molar-refractivity contribution in [2.75, 3.05) is 4.90 Å². The second kappa shape index (κ2) is 9.54. The number of para-hydroxylation sites is 2. The summed E-state index contributed by atoms with van der Waals surface area (Å²) in [7, 11) is 0. The van der Waals surface area contributed by atoms with Gasteiger partial charge in [0.25, 0.3) is 0 Å². The van der Waals surface area contributed by atoms with Crippen LogP contribution in [0.5, 0.6) is 0 Å². The summed E-state index contributed by atoms with van der Waals surface area (Å²) >= 11 is 0. The summed E-state index contributed by atoms with van der Waals surface area (Å²) in [4.78, 5) is 2.05. The first-order valence-corrected chi connectivity index (χ1v) is 9.27. The summed E-state index contributed by atoms with van der Waals surface area (Å²) < 4.78 is 0. The number of hydrogen-bond acceptors (Lipinski definition) is 5. The van der Waals surface area contributed by atoms with Crippen LogP contribution in [0.3, 0.4) is 0 Å². The Kier molecular flexibility index (Phi) is 6.40. The molecule has 0 aromatic heterocycles. The van der Waals surface area contributed by atoms with E-state index in [1.807, 2.05) is 78.9 Å². The topological polar surface area (TPSA) is 98.5 Å². The Labute approximate surface area is 175 Å². The van der Waals surface area contributed by atoms with E-state index in [2.05, 4.69) is 10.8 Å². The Morgan fingerprint density at radius 3 is 1.87 bits per heavy atom. The van der Waals surface area contributed by atoms with Gasteiger partial charge >= 0.3 is 0 Å². The highest BCUT2D eigenvalue weighted by atomic mass is 15.2. The third-order valence-corrected chi connectivity index (χ3v) is 4.66. The minimum Gasteiger partial charge on any atom is -0.310 e. The van der Waals surface area contributed by atoms with Crippen LogP contribution >= 0.6 is 0 Å². The standard InChI is InChI=1S/C25H17N5/c26-15-19(16-27)13-21-11-12-22(14-20(17-28)18-29)25(21)30(23-7-3-1-4-8-23)24-9-5-2-6-10-24/h1-10,13-14,26H,11-12H2/b21-13+. The zero-order chi connectivity index (χ0) is 21.3. The molecule has 0 saturated heterocycles. The van der Waals surface area contributed by atoms with Crippen molar-refractivity contribution in [3.63, 3.8) is 0 Å². The van der Waals surface area contributed by atoms with Crippen molar-refractivity contribution >= 4 is 17.2 Å². The molecule has 0 heterocycles. The highest BCUT2D eigenvalue weighted by Crippen LogP contribution is 2.42. The van der Waals surface area contributed by atoms with Gasteiger partial charge in [0, 0.05) is 11.4 Å². The van der Waals surface area contributed by atoms with E-state index < -0.39 is 0 Å². The molecule has 0 fully saturated rings. The van der Waals surface area contributed by atoms with E-state index in [9.17, 15) is 15.8 Å². The van der Waals surface area contributed by atoms with Gasteiger partial charge in [-0.2, -0.15) is 15.8 Å². The van der Waals surface area contributed by atoms with Crippen molar-refractivity contribution in [2.24, 2.45) is 0 Å². The van der Waals surface area contributed by atoms with Gasteiger partial charge in [0.15, 0.2) is 0 Å². The molecule has 0 bridgehead atoms. The van der Waals surface area contributed by atoms with Crippen LogP contribution in [0.4, 0.5) is 11.4 Å². The maximum Gasteiger partial charge on any atom is 0.130 e. The van der Waals surface area contributed by atoms with Crippen LogP contribution in [0, 0.1) is 39.4 Å². The third kappa shape index (κ3) is 4.27. The van der Waals surface area contributed by atoms with Crippen LogP contribution < -0.4 is 4.90 Å². The van der Waals surface area contributed by atoms with Gasteiger partial charge in [-0.3, -0.25) is 5.41 Å². The number of rotatable bonds is 5. The minimum atomic E-state index is 0.0212. The van der Waals surface area contributed by atoms with E-state index in [0.29, 0.717) is 12.8 Å². The Bertz CT molecular complexity index is 1150. The molecular formula is C25H17N5. The smallest absolute Gasteiger partial charge is 0.130 e. The molecule has 0 atom stereocenters. The summed E-state index contributed by atoms with van der Waals surface area (Å²) in [6, 6.07) is 25.3. The lowest BCUT2D eigenvalue weighted by atomic mass is 10.1. The largest absolute Gasteiger partial charge is 0.310 e. The molecule has 142 valence electrons. The van der Waals surface area contributed by atoms with Gasteiger partial charge < -0.3 is 4.90 Å². The molecule has 3 rings (SSSR count). The Morgan fingerprint density at radius 1 is 0.833 bits per heavy atom. The molecule has 5 nitrogen and oxygen atoms in total. The molecule has 1 aliphatic carbocycles. The van der Waals surface area contributed by atoms with Crippen molar-refractivity contribution < 1.29 is 0 Å². The Balaban J connectivity index is 2.32. The van der Waals surface area contributed by atoms with Crippen LogP contribution in [-0.2, 0) is 0 Å². The predicted molar refractivity (Wildman–Crippen MR) is 116 cm³/mol. The van der Waals surface area contributed by atoms with E-state index >= 15 is 0 Å². The maximum atomic E-state index is 9.29. The van der Waals surface area contributed by atoms with Crippen LogP contribution in [0.1, 0.15) is 12.8 Å². The average Bonchev–Trinajstić information content (AvgIpc) is 3.19. The molecule has 0 aliphatic heterocycles. The predicted octanol–water partition coefficient (Wildman–Crippen LogP) is 5.47. The first-order valence-electron chi connectivity index (χ1n) is 9.27. The molecule has 0 radical (unpaired) electrons. The summed E-state index contributed by atoms with van der Waals surface area (Å²) in [6.07, 6.45) is 4.49. The van der Waals surface area contributed by atoms with Crippen molar-refractivity contribution in [1.82, 2.24) is 0 Å². The zero-order valence-corrected chi connectivity index (χ0v) is 16.1. The highest BCUT2D eigenvalue weighted by Gasteiger charge is 2.26. The Hall–Kier alpha value is -4.62. The number of nitriles is 3. The normalized spacial score (nSPS) is 13.6. The number of benzene rings is 2. The summed E-state index contributed by atoms with van der Waals surface area (Å²) in [5, 5.41) is 35.2. The van der Waals surface area contributed by atoms with E-state index in [1.165, 1.54) is 0 Å². The first kappa shape index (κ1) is 20.1. The number of allylic oxidation sites excluding steroid dienone is 6. The van der Waals surface area contributed by atoms with E-state index in [4.69, 9.17) is 5.41 Å². The van der Waals surface area contributed by atoms with Crippen molar-refractivity contribution in [1.29, 1.82) is 21.2 Å². The van der Waals surface area contributed by atoms with Gasteiger partial charge in [0.1, 0.15) is 29.4 Å². The summed E-state index contributed by atoms with van der Waals surface area (Å²) in [5.74, 6) is 2.16. The van der Waals surface area contributed by atoms with Crippen LogP contribution in [0.2, 0.25) is 0 Å². The van der Waals surface area contributed by atoms with Crippen LogP contribution in [0.25, 0.3) is 0 Å². The number of nitrogens with zero attached hydrogens (tertiary/aromatic N) is 4. The zero-order valence-electron chi connectivity index (χ0n) is 16.1. The maximum absolute atomic E-state index is 9.29. The fourth-order valence-corrected chi connectivity index (χ4v) is 3.38. The molecule has 0 spiro atoms. The molecule has 1 N–H and O–H groups in total. The van der Waals surface area contributed by atoms with E-state index in [-0.39, 0.29) is 11.1 Å².